The van der Waals surface area contributed by atoms with Gasteiger partial charge in [0, 0.05) is 51.4 Å². The Morgan fingerprint density at radius 2 is 1.87 bits per heavy atom. The van der Waals surface area contributed by atoms with Crippen LogP contribution in [0.15, 0.2) is 61.2 Å². The van der Waals surface area contributed by atoms with Crippen LogP contribution in [0.25, 0.3) is 55.0 Å². The van der Waals surface area contributed by atoms with Crippen molar-refractivity contribution < 1.29 is 0 Å². The van der Waals surface area contributed by atoms with E-state index in [1.165, 1.54) is 41.0 Å². The van der Waals surface area contributed by atoms with Crippen molar-refractivity contribution in [3.05, 3.63) is 71.6 Å². The molecule has 190 valence electrons. The van der Waals surface area contributed by atoms with Crippen LogP contribution in [0.5, 0.6) is 0 Å². The highest BCUT2D eigenvalue weighted by Gasteiger charge is 2.17. The summed E-state index contributed by atoms with van der Waals surface area (Å²) in [4.78, 5) is 20.0. The fourth-order valence-corrected chi connectivity index (χ4v) is 6.45. The third kappa shape index (κ3) is 4.40. The Hall–Kier alpha value is -3.88. The zero-order valence-electron chi connectivity index (χ0n) is 21.3. The number of hydrogen-bond acceptors (Lipinski definition) is 6. The summed E-state index contributed by atoms with van der Waals surface area (Å²) < 4.78 is 0. The van der Waals surface area contributed by atoms with E-state index in [2.05, 4.69) is 61.7 Å². The maximum Gasteiger partial charge on any atom is 0.135 e. The quantitative estimate of drug-likeness (QED) is 0.214. The lowest BCUT2D eigenvalue weighted by Gasteiger charge is -2.11. The fraction of sp³-hybridized carbons (Fsp3) is 0.267. The van der Waals surface area contributed by atoms with Crippen LogP contribution in [-0.2, 0) is 6.54 Å². The highest BCUT2D eigenvalue weighted by Crippen LogP contribution is 2.36. The molecule has 1 aliphatic carbocycles. The van der Waals surface area contributed by atoms with Crippen LogP contribution in [-0.4, -0.2) is 36.7 Å². The van der Waals surface area contributed by atoms with Crippen LogP contribution >= 0.6 is 11.3 Å². The summed E-state index contributed by atoms with van der Waals surface area (Å²) in [5.74, 6) is 0.820. The molecule has 0 aliphatic heterocycles. The number of nitrogens with one attached hydrogen (secondary N) is 3. The minimum absolute atomic E-state index is 0.800. The number of aryl methyl sites for hydroxylation is 1. The van der Waals surface area contributed by atoms with Crippen molar-refractivity contribution in [2.75, 3.05) is 6.54 Å². The van der Waals surface area contributed by atoms with Gasteiger partial charge in [0.15, 0.2) is 0 Å². The molecule has 0 radical (unpaired) electrons. The van der Waals surface area contributed by atoms with E-state index in [9.17, 15) is 0 Å². The van der Waals surface area contributed by atoms with Crippen molar-refractivity contribution in [2.24, 2.45) is 5.92 Å². The predicted octanol–water partition coefficient (Wildman–Crippen LogP) is 6.88. The number of H-pyrrole nitrogens is 2. The van der Waals surface area contributed by atoms with Crippen LogP contribution in [0.1, 0.15) is 36.1 Å². The monoisotopic (exact) mass is 519 g/mol. The minimum Gasteiger partial charge on any atom is -0.352 e. The Labute approximate surface area is 224 Å². The summed E-state index contributed by atoms with van der Waals surface area (Å²) in [7, 11) is 0. The van der Waals surface area contributed by atoms with Gasteiger partial charge in [0.25, 0.3) is 0 Å². The van der Waals surface area contributed by atoms with Crippen molar-refractivity contribution in [2.45, 2.75) is 39.2 Å². The third-order valence-electron chi connectivity index (χ3n) is 7.54. The second-order valence-electron chi connectivity index (χ2n) is 10.3. The SMILES string of the molecule is Cc1ccc(-c2cncc3[nH]c(-c4n[nH]c5ccc(-c6cncc(CNCC7CCCC7)c6)nc45)cc23)s1. The zero-order chi connectivity index (χ0) is 25.5. The van der Waals surface area contributed by atoms with Gasteiger partial charge >= 0.3 is 0 Å². The lowest BCUT2D eigenvalue weighted by atomic mass is 10.1. The highest BCUT2D eigenvalue weighted by atomic mass is 32.1. The minimum atomic E-state index is 0.800. The van der Waals surface area contributed by atoms with Gasteiger partial charge in [-0.2, -0.15) is 5.10 Å². The number of pyridine rings is 3. The van der Waals surface area contributed by atoms with Crippen molar-refractivity contribution in [1.29, 1.82) is 0 Å². The Kier molecular flexibility index (Phi) is 5.98. The van der Waals surface area contributed by atoms with Gasteiger partial charge in [0.05, 0.1) is 28.6 Å². The lowest BCUT2D eigenvalue weighted by molar-refractivity contribution is 0.489. The van der Waals surface area contributed by atoms with Crippen molar-refractivity contribution in [3.63, 3.8) is 0 Å². The second kappa shape index (κ2) is 9.78. The molecule has 1 saturated carbocycles. The molecule has 0 saturated heterocycles. The first-order valence-corrected chi connectivity index (χ1v) is 14.1. The summed E-state index contributed by atoms with van der Waals surface area (Å²) in [6.07, 6.45) is 13.1. The Bertz CT molecular complexity index is 1740. The largest absolute Gasteiger partial charge is 0.352 e. The average Bonchev–Trinajstić information content (AvgIpc) is 3.74. The topological polar surface area (TPSA) is 95.2 Å². The molecule has 0 atom stereocenters. The van der Waals surface area contributed by atoms with Crippen LogP contribution in [0.3, 0.4) is 0 Å². The van der Waals surface area contributed by atoms with Crippen LogP contribution in [0.4, 0.5) is 0 Å². The summed E-state index contributed by atoms with van der Waals surface area (Å²) in [6, 6.07) is 12.7. The number of nitrogens with zero attached hydrogens (tertiary/aromatic N) is 4. The van der Waals surface area contributed by atoms with Crippen molar-refractivity contribution in [1.82, 2.24) is 35.5 Å². The molecule has 7 rings (SSSR count). The van der Waals surface area contributed by atoms with Gasteiger partial charge in [0.1, 0.15) is 11.2 Å². The van der Waals surface area contributed by atoms with E-state index < -0.39 is 0 Å². The lowest BCUT2D eigenvalue weighted by Crippen LogP contribution is -2.20. The maximum absolute atomic E-state index is 5.03. The van der Waals surface area contributed by atoms with Crippen LogP contribution in [0, 0.1) is 12.8 Å². The highest BCUT2D eigenvalue weighted by molar-refractivity contribution is 7.15. The number of fused-ring (bicyclic) bond motifs is 2. The smallest absolute Gasteiger partial charge is 0.135 e. The summed E-state index contributed by atoms with van der Waals surface area (Å²) in [6.45, 7) is 4.04. The molecule has 6 heterocycles. The number of aromatic amines is 2. The van der Waals surface area contributed by atoms with Gasteiger partial charge in [-0.05, 0) is 74.2 Å². The molecule has 0 unspecified atom stereocenters. The van der Waals surface area contributed by atoms with E-state index >= 15 is 0 Å². The molecule has 1 aliphatic rings. The molecule has 1 fully saturated rings. The van der Waals surface area contributed by atoms with Gasteiger partial charge in [-0.3, -0.25) is 15.1 Å². The van der Waals surface area contributed by atoms with E-state index in [-0.39, 0.29) is 0 Å². The number of hydrogen-bond donors (Lipinski definition) is 3. The van der Waals surface area contributed by atoms with Crippen molar-refractivity contribution >= 4 is 33.3 Å². The molecule has 0 spiro atoms. The molecule has 6 aromatic rings. The molecule has 8 heteroatoms. The first-order chi connectivity index (χ1) is 18.7. The summed E-state index contributed by atoms with van der Waals surface area (Å²) in [5.41, 5.74) is 8.63. The molecule has 0 bridgehead atoms. The van der Waals surface area contributed by atoms with Gasteiger partial charge in [-0.25, -0.2) is 4.98 Å². The summed E-state index contributed by atoms with van der Waals surface area (Å²) in [5, 5.41) is 12.5. The Morgan fingerprint density at radius 1 is 0.974 bits per heavy atom. The average molecular weight is 520 g/mol. The van der Waals surface area contributed by atoms with E-state index in [0.717, 1.165) is 69.2 Å². The molecule has 0 aromatic carbocycles. The summed E-state index contributed by atoms with van der Waals surface area (Å²) >= 11 is 1.78. The number of thiophene rings is 1. The second-order valence-corrected chi connectivity index (χ2v) is 11.6. The predicted molar refractivity (Wildman–Crippen MR) is 154 cm³/mol. The number of aromatic nitrogens is 6. The first kappa shape index (κ1) is 23.3. The molecular weight excluding hydrogens is 490 g/mol. The van der Waals surface area contributed by atoms with E-state index in [1.54, 1.807) is 11.3 Å². The molecule has 7 nitrogen and oxygen atoms in total. The normalized spacial score (nSPS) is 14.2. The van der Waals surface area contributed by atoms with Gasteiger partial charge < -0.3 is 10.3 Å². The Balaban J connectivity index is 1.20. The number of rotatable bonds is 7. The third-order valence-corrected chi connectivity index (χ3v) is 8.58. The van der Waals surface area contributed by atoms with Gasteiger partial charge in [-0.15, -0.1) is 11.3 Å². The van der Waals surface area contributed by atoms with Crippen LogP contribution < -0.4 is 5.32 Å². The Morgan fingerprint density at radius 3 is 2.74 bits per heavy atom. The van der Waals surface area contributed by atoms with Crippen LogP contribution in [0.2, 0.25) is 0 Å². The molecule has 3 N–H and O–H groups in total. The van der Waals surface area contributed by atoms with Gasteiger partial charge in [-0.1, -0.05) is 12.8 Å². The molecule has 38 heavy (non-hydrogen) atoms. The molecule has 0 amide bonds. The fourth-order valence-electron chi connectivity index (χ4n) is 5.56. The first-order valence-electron chi connectivity index (χ1n) is 13.3. The van der Waals surface area contributed by atoms with E-state index in [0.29, 0.717) is 0 Å². The molecular formula is C30H29N7S. The van der Waals surface area contributed by atoms with Crippen molar-refractivity contribution in [3.8, 4) is 33.1 Å². The maximum atomic E-state index is 5.03. The van der Waals surface area contributed by atoms with E-state index in [1.807, 2.05) is 36.9 Å². The standard InChI is InChI=1S/C30H29N7S/c1-18-6-9-28(38-18)23-16-33-17-27-22(23)11-26(34-27)30-29-25(36-37-30)8-7-24(35-29)21-10-20(14-32-15-21)13-31-12-19-4-2-3-5-19/h6-11,14-17,19,31,34H,2-5,12-13H2,1H3,(H,36,37). The van der Waals surface area contributed by atoms with E-state index in [4.69, 9.17) is 4.98 Å². The zero-order valence-corrected chi connectivity index (χ0v) is 22.1. The molecule has 6 aromatic heterocycles. The van der Waals surface area contributed by atoms with Gasteiger partial charge in [0.2, 0.25) is 0 Å².